The Labute approximate surface area is 182 Å². The third-order valence-electron chi connectivity index (χ3n) is 4.42. The summed E-state index contributed by atoms with van der Waals surface area (Å²) in [6.07, 6.45) is 0. The topological polar surface area (TPSA) is 74.3 Å². The van der Waals surface area contributed by atoms with Crippen LogP contribution in [0.3, 0.4) is 0 Å². The normalized spacial score (nSPS) is 10.7. The maximum Gasteiger partial charge on any atom is 0.127 e. The zero-order valence-electron chi connectivity index (χ0n) is 15.6. The summed E-state index contributed by atoms with van der Waals surface area (Å²) in [6.45, 7) is 0.441. The number of benzene rings is 3. The van der Waals surface area contributed by atoms with Crippen molar-refractivity contribution in [3.8, 4) is 11.5 Å². The van der Waals surface area contributed by atoms with Gasteiger partial charge < -0.3 is 20.0 Å². The summed E-state index contributed by atoms with van der Waals surface area (Å²) in [5.74, 6) is 0.101. The Bertz CT molecular complexity index is 1210. The summed E-state index contributed by atoms with van der Waals surface area (Å²) in [7, 11) is 0. The Morgan fingerprint density at radius 2 is 1.67 bits per heavy atom. The van der Waals surface area contributed by atoms with E-state index in [-0.39, 0.29) is 5.69 Å². The molecule has 7 heteroatoms. The molecule has 0 aliphatic carbocycles. The molecule has 0 saturated carbocycles. The Morgan fingerprint density at radius 3 is 2.37 bits per heavy atom. The average Bonchev–Trinajstić information content (AvgIpc) is 2.73. The van der Waals surface area contributed by atoms with E-state index in [1.54, 1.807) is 12.1 Å². The first-order chi connectivity index (χ1) is 14.5. The Balaban J connectivity index is 1.56. The second-order valence-electron chi connectivity index (χ2n) is 6.54. The monoisotopic (exact) mass is 437 g/mol. The van der Waals surface area contributed by atoms with Crippen LogP contribution in [0.5, 0.6) is 11.5 Å². The molecule has 4 rings (SSSR count). The minimum Gasteiger partial charge on any atom is -0.543 e. The van der Waals surface area contributed by atoms with Gasteiger partial charge in [0.25, 0.3) is 0 Å². The highest BCUT2D eigenvalue weighted by atomic mass is 35.5. The van der Waals surface area contributed by atoms with Gasteiger partial charge in [-0.05, 0) is 48.0 Å². The molecule has 150 valence electrons. The van der Waals surface area contributed by atoms with E-state index in [9.17, 15) is 9.90 Å². The molecule has 1 N–H and O–H groups in total. The van der Waals surface area contributed by atoms with Crippen LogP contribution in [-0.4, -0.2) is 11.0 Å². The molecule has 0 amide bonds. The van der Waals surface area contributed by atoms with Crippen LogP contribution in [0.15, 0.2) is 72.8 Å². The number of aromatic nitrogens is 1. The Morgan fingerprint density at radius 1 is 0.967 bits per heavy atom. The highest BCUT2D eigenvalue weighted by Crippen LogP contribution is 2.33. The van der Waals surface area contributed by atoms with E-state index >= 15 is 0 Å². The molecule has 0 aliphatic rings. The van der Waals surface area contributed by atoms with Crippen molar-refractivity contribution < 1.29 is 14.6 Å². The van der Waals surface area contributed by atoms with Gasteiger partial charge in [-0.2, -0.15) is 0 Å². The van der Waals surface area contributed by atoms with Gasteiger partial charge in [0, 0.05) is 22.6 Å². The molecule has 1 aromatic heterocycles. The largest absolute Gasteiger partial charge is 0.543 e. The van der Waals surface area contributed by atoms with Gasteiger partial charge >= 0.3 is 0 Å². The minimum atomic E-state index is -1.38. The highest BCUT2D eigenvalue weighted by Gasteiger charge is 2.11. The molecular weight excluding hydrogens is 423 g/mol. The van der Waals surface area contributed by atoms with E-state index in [0.29, 0.717) is 33.2 Å². The predicted molar refractivity (Wildman–Crippen MR) is 116 cm³/mol. The van der Waals surface area contributed by atoms with Crippen molar-refractivity contribution >= 4 is 45.8 Å². The van der Waals surface area contributed by atoms with Crippen molar-refractivity contribution in [1.29, 1.82) is 0 Å². The van der Waals surface area contributed by atoms with Gasteiger partial charge in [0.2, 0.25) is 0 Å². The van der Waals surface area contributed by atoms with Gasteiger partial charge in [0.05, 0.1) is 22.2 Å². The second-order valence-corrected chi connectivity index (χ2v) is 7.38. The van der Waals surface area contributed by atoms with Gasteiger partial charge in [-0.25, -0.2) is 4.98 Å². The predicted octanol–water partition coefficient (Wildman–Crippen LogP) is 5.31. The fraction of sp³-hybridized carbons (Fsp3) is 0.0435. The number of anilines is 1. The molecule has 4 aromatic rings. The van der Waals surface area contributed by atoms with E-state index in [2.05, 4.69) is 10.3 Å². The number of carbonyl (C=O) groups excluding carboxylic acids is 1. The van der Waals surface area contributed by atoms with Crippen LogP contribution < -0.4 is 15.2 Å². The van der Waals surface area contributed by atoms with Crippen LogP contribution in [0.1, 0.15) is 16.1 Å². The molecule has 0 unspecified atom stereocenters. The highest BCUT2D eigenvalue weighted by molar-refractivity contribution is 6.39. The number of carbonyl (C=O) groups is 1. The number of aromatic carboxylic acids is 1. The van der Waals surface area contributed by atoms with E-state index in [1.165, 1.54) is 6.07 Å². The summed E-state index contributed by atoms with van der Waals surface area (Å²) < 4.78 is 5.79. The molecule has 0 saturated heterocycles. The molecule has 30 heavy (non-hydrogen) atoms. The van der Waals surface area contributed by atoms with Crippen molar-refractivity contribution in [2.24, 2.45) is 0 Å². The number of fused-ring (bicyclic) bond motifs is 1. The number of hydrogen-bond acceptors (Lipinski definition) is 5. The van der Waals surface area contributed by atoms with Crippen molar-refractivity contribution in [3.05, 3.63) is 94.1 Å². The molecule has 0 bridgehead atoms. The Kier molecular flexibility index (Phi) is 5.74. The van der Waals surface area contributed by atoms with Crippen molar-refractivity contribution in [3.63, 3.8) is 0 Å². The van der Waals surface area contributed by atoms with Crippen molar-refractivity contribution in [1.82, 2.24) is 4.98 Å². The molecular formula is C23H15Cl2N2O3-. The van der Waals surface area contributed by atoms with E-state index in [1.807, 2.05) is 54.6 Å². The summed E-state index contributed by atoms with van der Waals surface area (Å²) in [5.41, 5.74) is 1.68. The number of carboxylic acid groups (broad SMARTS) is 1. The second kappa shape index (κ2) is 8.61. The summed E-state index contributed by atoms with van der Waals surface area (Å²) in [5, 5.41) is 15.9. The fourth-order valence-corrected chi connectivity index (χ4v) is 3.61. The minimum absolute atomic E-state index is 0.199. The lowest BCUT2D eigenvalue weighted by atomic mass is 10.1. The molecule has 0 fully saturated rings. The third-order valence-corrected chi connectivity index (χ3v) is 4.94. The van der Waals surface area contributed by atoms with Crippen LogP contribution in [0.2, 0.25) is 10.0 Å². The van der Waals surface area contributed by atoms with Crippen LogP contribution in [0.25, 0.3) is 10.9 Å². The van der Waals surface area contributed by atoms with E-state index in [4.69, 9.17) is 27.9 Å². The molecule has 5 nitrogen and oxygen atoms in total. The lowest BCUT2D eigenvalue weighted by Gasteiger charge is -2.14. The number of ether oxygens (including phenoxy) is 1. The zero-order chi connectivity index (χ0) is 21.1. The maximum atomic E-state index is 11.3. The first-order valence-electron chi connectivity index (χ1n) is 9.06. The molecule has 1 heterocycles. The van der Waals surface area contributed by atoms with E-state index in [0.717, 1.165) is 17.1 Å². The van der Waals surface area contributed by atoms with Gasteiger partial charge in [-0.1, -0.05) is 53.5 Å². The number of hydrogen-bond donors (Lipinski definition) is 1. The smallest absolute Gasteiger partial charge is 0.127 e. The van der Waals surface area contributed by atoms with Crippen LogP contribution in [0.4, 0.5) is 5.69 Å². The number of nitrogens with zero attached hydrogens (tertiary/aromatic N) is 1. The first kappa shape index (κ1) is 20.0. The van der Waals surface area contributed by atoms with Crippen LogP contribution >= 0.6 is 23.2 Å². The van der Waals surface area contributed by atoms with Crippen LogP contribution in [-0.2, 0) is 6.54 Å². The molecule has 0 spiro atoms. The number of rotatable bonds is 6. The van der Waals surface area contributed by atoms with Crippen LogP contribution in [0, 0.1) is 0 Å². The quantitative estimate of drug-likeness (QED) is 0.442. The zero-order valence-corrected chi connectivity index (χ0v) is 17.1. The lowest BCUT2D eigenvalue weighted by Crippen LogP contribution is -2.23. The van der Waals surface area contributed by atoms with Gasteiger partial charge in [-0.3, -0.25) is 0 Å². The maximum absolute atomic E-state index is 11.3. The summed E-state index contributed by atoms with van der Waals surface area (Å²) in [6, 6.07) is 21.7. The fourth-order valence-electron chi connectivity index (χ4n) is 3.03. The van der Waals surface area contributed by atoms with Gasteiger partial charge in [-0.15, -0.1) is 0 Å². The SMILES string of the molecule is O=C([O-])c1cc(NCc2ccc(Oc3ccccc3)cc2)c2c(Cl)cc(Cl)cc2n1. The number of nitrogens with one attached hydrogen (secondary N) is 1. The molecule has 0 atom stereocenters. The number of halogens is 2. The van der Waals surface area contributed by atoms with Gasteiger partial charge in [0.1, 0.15) is 11.5 Å². The van der Waals surface area contributed by atoms with Crippen molar-refractivity contribution in [2.45, 2.75) is 6.54 Å². The third kappa shape index (κ3) is 4.48. The van der Waals surface area contributed by atoms with Gasteiger partial charge in [0.15, 0.2) is 0 Å². The Hall–Kier alpha value is -3.28. The van der Waals surface area contributed by atoms with E-state index < -0.39 is 5.97 Å². The average molecular weight is 438 g/mol. The molecule has 3 aromatic carbocycles. The lowest BCUT2D eigenvalue weighted by molar-refractivity contribution is -0.255. The standard InChI is InChI=1S/C23H16Cl2N2O3/c24-15-10-18(25)22-19(12-21(23(28)29)27-20(22)11-15)26-13-14-6-8-17(9-7-14)30-16-4-2-1-3-5-16/h1-12H,13H2,(H,26,27)(H,28,29)/p-1. The summed E-state index contributed by atoms with van der Waals surface area (Å²) >= 11 is 12.4. The van der Waals surface area contributed by atoms with Crippen molar-refractivity contribution in [2.75, 3.05) is 5.32 Å². The molecule has 0 aliphatic heterocycles. The molecule has 0 radical (unpaired) electrons. The number of para-hydroxylation sites is 1. The number of carboxylic acids is 1. The summed E-state index contributed by atoms with van der Waals surface area (Å²) in [4.78, 5) is 15.4. The number of pyridine rings is 1. The first-order valence-corrected chi connectivity index (χ1v) is 9.82.